The van der Waals surface area contributed by atoms with Crippen LogP contribution in [-0.4, -0.2) is 31.6 Å². The number of aromatic nitrogens is 1. The van der Waals surface area contributed by atoms with Gasteiger partial charge in [-0.2, -0.15) is 0 Å². The first-order valence-corrected chi connectivity index (χ1v) is 7.74. The molecular formula is C11H16ClN3O3S. The molecule has 1 aromatic heterocycles. The number of carbonyl (C=O) groups is 1. The summed E-state index contributed by atoms with van der Waals surface area (Å²) >= 11 is 5.84. The van der Waals surface area contributed by atoms with Crippen LogP contribution in [0.3, 0.4) is 0 Å². The first-order valence-electron chi connectivity index (χ1n) is 5.65. The van der Waals surface area contributed by atoms with Crippen molar-refractivity contribution in [3.8, 4) is 0 Å². The van der Waals surface area contributed by atoms with Crippen LogP contribution in [0.5, 0.6) is 0 Å². The van der Waals surface area contributed by atoms with Gasteiger partial charge in [-0.05, 0) is 18.1 Å². The zero-order valence-electron chi connectivity index (χ0n) is 10.7. The number of rotatable bonds is 5. The van der Waals surface area contributed by atoms with Gasteiger partial charge in [0.25, 0.3) is 5.91 Å². The zero-order chi connectivity index (χ0) is 14.6. The second-order valence-electron chi connectivity index (χ2n) is 4.38. The molecule has 0 fully saturated rings. The Bertz CT molecular complexity index is 573. The molecule has 0 aliphatic rings. The van der Waals surface area contributed by atoms with Crippen LogP contribution in [0.1, 0.15) is 35.8 Å². The molecule has 0 unspecified atom stereocenters. The Balaban J connectivity index is 2.77. The van der Waals surface area contributed by atoms with Crippen LogP contribution in [0.15, 0.2) is 12.1 Å². The maximum absolute atomic E-state index is 11.8. The van der Waals surface area contributed by atoms with E-state index in [9.17, 15) is 13.2 Å². The van der Waals surface area contributed by atoms with Crippen LogP contribution < -0.4 is 10.5 Å². The number of nitrogens with zero attached hydrogens (tertiary/aromatic N) is 1. The molecule has 1 amide bonds. The van der Waals surface area contributed by atoms with E-state index in [0.29, 0.717) is 11.3 Å². The SMILES string of the molecule is CC(C)c1cc(C(=O)NCCS(N)(=O)=O)cc(Cl)n1. The fourth-order valence-corrected chi connectivity index (χ4v) is 1.95. The summed E-state index contributed by atoms with van der Waals surface area (Å²) in [6, 6.07) is 3.06. The summed E-state index contributed by atoms with van der Waals surface area (Å²) in [6.07, 6.45) is 0. The van der Waals surface area contributed by atoms with Gasteiger partial charge < -0.3 is 5.32 Å². The largest absolute Gasteiger partial charge is 0.351 e. The second kappa shape index (κ2) is 6.31. The Morgan fingerprint density at radius 2 is 2.11 bits per heavy atom. The standard InChI is InChI=1S/C11H16ClN3O3S/c1-7(2)9-5-8(6-10(12)15-9)11(16)14-3-4-19(13,17)18/h5-7H,3-4H2,1-2H3,(H,14,16)(H2,13,17,18). The number of hydrogen-bond acceptors (Lipinski definition) is 4. The molecule has 0 spiro atoms. The van der Waals surface area contributed by atoms with Crippen LogP contribution in [0.2, 0.25) is 5.15 Å². The van der Waals surface area contributed by atoms with Crippen molar-refractivity contribution in [2.24, 2.45) is 5.14 Å². The molecule has 0 aliphatic heterocycles. The molecule has 0 atom stereocenters. The minimum atomic E-state index is -3.58. The van der Waals surface area contributed by atoms with E-state index in [2.05, 4.69) is 10.3 Å². The summed E-state index contributed by atoms with van der Waals surface area (Å²) in [4.78, 5) is 15.9. The minimum Gasteiger partial charge on any atom is -0.351 e. The van der Waals surface area contributed by atoms with Crippen molar-refractivity contribution in [1.82, 2.24) is 10.3 Å². The van der Waals surface area contributed by atoms with Crippen LogP contribution in [0.25, 0.3) is 0 Å². The average molecular weight is 306 g/mol. The summed E-state index contributed by atoms with van der Waals surface area (Å²) in [5, 5.41) is 7.53. The maximum atomic E-state index is 11.8. The monoisotopic (exact) mass is 305 g/mol. The van der Waals surface area contributed by atoms with Crippen LogP contribution in [0, 0.1) is 0 Å². The van der Waals surface area contributed by atoms with E-state index in [1.54, 1.807) is 6.07 Å². The summed E-state index contributed by atoms with van der Waals surface area (Å²) in [7, 11) is -3.58. The third-order valence-corrected chi connectivity index (χ3v) is 3.31. The third kappa shape index (κ3) is 5.54. The molecule has 3 N–H and O–H groups in total. The smallest absolute Gasteiger partial charge is 0.251 e. The topological polar surface area (TPSA) is 102 Å². The number of pyridine rings is 1. The van der Waals surface area contributed by atoms with Gasteiger partial charge in [0.2, 0.25) is 10.0 Å². The molecule has 1 rings (SSSR count). The third-order valence-electron chi connectivity index (χ3n) is 2.34. The molecule has 0 radical (unpaired) electrons. The van der Waals surface area contributed by atoms with Gasteiger partial charge in [-0.3, -0.25) is 4.79 Å². The van der Waals surface area contributed by atoms with Crippen LogP contribution in [-0.2, 0) is 10.0 Å². The van der Waals surface area contributed by atoms with Crippen molar-refractivity contribution in [2.45, 2.75) is 19.8 Å². The zero-order valence-corrected chi connectivity index (χ0v) is 12.3. The van der Waals surface area contributed by atoms with Gasteiger partial charge in [-0.1, -0.05) is 25.4 Å². The first kappa shape index (κ1) is 15.9. The van der Waals surface area contributed by atoms with E-state index >= 15 is 0 Å². The first-order chi connectivity index (χ1) is 8.69. The molecule has 19 heavy (non-hydrogen) atoms. The van der Waals surface area contributed by atoms with Gasteiger partial charge in [-0.25, -0.2) is 18.5 Å². The molecule has 0 bridgehead atoms. The highest BCUT2D eigenvalue weighted by atomic mass is 35.5. The number of primary sulfonamides is 1. The van der Waals surface area contributed by atoms with Gasteiger partial charge in [0.05, 0.1) is 5.75 Å². The number of hydrogen-bond donors (Lipinski definition) is 2. The average Bonchev–Trinajstić information content (AvgIpc) is 2.26. The Hall–Kier alpha value is -1.18. The van der Waals surface area contributed by atoms with Crippen molar-refractivity contribution in [2.75, 3.05) is 12.3 Å². The van der Waals surface area contributed by atoms with Crippen LogP contribution >= 0.6 is 11.6 Å². The predicted octanol–water partition coefficient (Wildman–Crippen LogP) is 0.877. The molecule has 0 saturated carbocycles. The Morgan fingerprint density at radius 3 is 2.63 bits per heavy atom. The van der Waals surface area contributed by atoms with E-state index in [0.717, 1.165) is 0 Å². The van der Waals surface area contributed by atoms with E-state index in [1.165, 1.54) is 6.07 Å². The highest BCUT2D eigenvalue weighted by molar-refractivity contribution is 7.89. The van der Waals surface area contributed by atoms with Gasteiger partial charge in [0.1, 0.15) is 5.15 Å². The lowest BCUT2D eigenvalue weighted by atomic mass is 10.1. The van der Waals surface area contributed by atoms with Gasteiger partial charge in [-0.15, -0.1) is 0 Å². The van der Waals surface area contributed by atoms with E-state index in [4.69, 9.17) is 16.7 Å². The summed E-state index contributed by atoms with van der Waals surface area (Å²) in [6.45, 7) is 3.82. The summed E-state index contributed by atoms with van der Waals surface area (Å²) in [5.41, 5.74) is 1.04. The highest BCUT2D eigenvalue weighted by Crippen LogP contribution is 2.17. The molecule has 1 aromatic rings. The fraction of sp³-hybridized carbons (Fsp3) is 0.455. The predicted molar refractivity (Wildman–Crippen MR) is 73.6 cm³/mol. The van der Waals surface area contributed by atoms with Gasteiger partial charge in [0, 0.05) is 17.8 Å². The second-order valence-corrected chi connectivity index (χ2v) is 6.50. The summed E-state index contributed by atoms with van der Waals surface area (Å²) in [5.74, 6) is -0.585. The molecule has 1 heterocycles. The van der Waals surface area contributed by atoms with E-state index in [1.807, 2.05) is 13.8 Å². The van der Waals surface area contributed by atoms with E-state index < -0.39 is 15.9 Å². The number of nitrogens with two attached hydrogens (primary N) is 1. The molecule has 106 valence electrons. The van der Waals surface area contributed by atoms with Crippen molar-refractivity contribution in [3.63, 3.8) is 0 Å². The summed E-state index contributed by atoms with van der Waals surface area (Å²) < 4.78 is 21.5. The Labute approximate surface area is 117 Å². The lowest BCUT2D eigenvalue weighted by molar-refractivity contribution is 0.0956. The Morgan fingerprint density at radius 1 is 1.47 bits per heavy atom. The maximum Gasteiger partial charge on any atom is 0.251 e. The lowest BCUT2D eigenvalue weighted by Crippen LogP contribution is -2.31. The molecule has 0 aliphatic carbocycles. The normalized spacial score (nSPS) is 11.6. The van der Waals surface area contributed by atoms with Gasteiger partial charge in [0.15, 0.2) is 0 Å². The van der Waals surface area contributed by atoms with Crippen molar-refractivity contribution in [1.29, 1.82) is 0 Å². The number of carbonyl (C=O) groups excluding carboxylic acids is 1. The van der Waals surface area contributed by atoms with Crippen molar-refractivity contribution >= 4 is 27.5 Å². The molecule has 0 saturated heterocycles. The molecule has 8 heteroatoms. The quantitative estimate of drug-likeness (QED) is 0.788. The Kier molecular flexibility index (Phi) is 5.28. The molecular weight excluding hydrogens is 290 g/mol. The minimum absolute atomic E-state index is 0.0470. The molecule has 0 aromatic carbocycles. The highest BCUT2D eigenvalue weighted by Gasteiger charge is 2.12. The van der Waals surface area contributed by atoms with Crippen LogP contribution in [0.4, 0.5) is 0 Å². The van der Waals surface area contributed by atoms with E-state index in [-0.39, 0.29) is 23.4 Å². The van der Waals surface area contributed by atoms with Crippen molar-refractivity contribution in [3.05, 3.63) is 28.5 Å². The van der Waals surface area contributed by atoms with Gasteiger partial charge >= 0.3 is 0 Å². The fourth-order valence-electron chi connectivity index (χ4n) is 1.35. The lowest BCUT2D eigenvalue weighted by Gasteiger charge is -2.09. The number of nitrogens with one attached hydrogen (secondary N) is 1. The number of sulfonamides is 1. The number of amides is 1. The number of halogens is 1. The molecule has 6 nitrogen and oxygen atoms in total. The van der Waals surface area contributed by atoms with Crippen molar-refractivity contribution < 1.29 is 13.2 Å².